The first-order chi connectivity index (χ1) is 7.79. The van der Waals surface area contributed by atoms with Crippen molar-refractivity contribution in [2.24, 2.45) is 0 Å². The van der Waals surface area contributed by atoms with E-state index in [4.69, 9.17) is 0 Å². The zero-order valence-corrected chi connectivity index (χ0v) is 9.93. The fourth-order valence-corrected chi connectivity index (χ4v) is 1.79. The van der Waals surface area contributed by atoms with Gasteiger partial charge in [-0.3, -0.25) is 0 Å². The van der Waals surface area contributed by atoms with Gasteiger partial charge >= 0.3 is 0 Å². The van der Waals surface area contributed by atoms with Crippen LogP contribution in [0.25, 0.3) is 0 Å². The lowest BCUT2D eigenvalue weighted by molar-refractivity contribution is 0.595. The van der Waals surface area contributed by atoms with Crippen molar-refractivity contribution < 1.29 is 4.39 Å². The van der Waals surface area contributed by atoms with Gasteiger partial charge in [0.25, 0.3) is 0 Å². The second kappa shape index (κ2) is 7.04. The Morgan fingerprint density at radius 3 is 2.81 bits per heavy atom. The number of halogens is 1. The summed E-state index contributed by atoms with van der Waals surface area (Å²) in [6, 6.07) is 5.13. The zero-order valence-electron chi connectivity index (χ0n) is 9.93. The molecule has 0 atom stereocenters. The number of benzene rings is 1. The van der Waals surface area contributed by atoms with Gasteiger partial charge in [0.2, 0.25) is 0 Å². The van der Waals surface area contributed by atoms with E-state index in [2.05, 4.69) is 18.8 Å². The molecule has 0 aliphatic heterocycles. The number of unbranched alkanes of at least 4 members (excludes halogenated alkanes) is 3. The van der Waals surface area contributed by atoms with Gasteiger partial charge in [0.1, 0.15) is 5.82 Å². The molecule has 2 heteroatoms. The van der Waals surface area contributed by atoms with Crippen LogP contribution in [-0.2, 0) is 6.42 Å². The summed E-state index contributed by atoms with van der Waals surface area (Å²) >= 11 is 0. The Kier molecular flexibility index (Phi) is 5.62. The highest BCUT2D eigenvalue weighted by molar-refractivity contribution is 5.53. The molecule has 0 spiro atoms. The molecule has 1 rings (SSSR count). The third-order valence-electron chi connectivity index (χ3n) is 2.66. The SMILES string of the molecule is C=CNc1cccc(F)c1CCCCCC. The molecule has 16 heavy (non-hydrogen) atoms. The van der Waals surface area contributed by atoms with Crippen molar-refractivity contribution in [3.05, 3.63) is 42.4 Å². The molecule has 1 aromatic rings. The molecule has 0 aliphatic rings. The molecule has 0 radical (unpaired) electrons. The summed E-state index contributed by atoms with van der Waals surface area (Å²) < 4.78 is 13.6. The number of nitrogens with one attached hydrogen (secondary N) is 1. The summed E-state index contributed by atoms with van der Waals surface area (Å²) in [6.07, 6.45) is 7.01. The Bertz CT molecular complexity index is 334. The highest BCUT2D eigenvalue weighted by atomic mass is 19.1. The standard InChI is InChI=1S/C14H20FN/c1-3-5-6-7-9-12-13(15)10-8-11-14(12)16-4-2/h4,8,10-11,16H,2-3,5-7,9H2,1H3. The fourth-order valence-electron chi connectivity index (χ4n) is 1.79. The van der Waals surface area contributed by atoms with Gasteiger partial charge in [0, 0.05) is 11.3 Å². The molecule has 0 saturated heterocycles. The van der Waals surface area contributed by atoms with Crippen molar-refractivity contribution >= 4 is 5.69 Å². The van der Waals surface area contributed by atoms with E-state index in [0.29, 0.717) is 0 Å². The molecule has 1 nitrogen and oxygen atoms in total. The fraction of sp³-hybridized carbons (Fsp3) is 0.429. The lowest BCUT2D eigenvalue weighted by atomic mass is 10.0. The normalized spacial score (nSPS) is 10.1. The summed E-state index contributed by atoms with van der Waals surface area (Å²) in [4.78, 5) is 0. The monoisotopic (exact) mass is 221 g/mol. The molecule has 1 aromatic carbocycles. The van der Waals surface area contributed by atoms with Gasteiger partial charge in [-0.25, -0.2) is 4.39 Å². The van der Waals surface area contributed by atoms with E-state index in [-0.39, 0.29) is 5.82 Å². The van der Waals surface area contributed by atoms with Crippen LogP contribution in [0.4, 0.5) is 10.1 Å². The maximum absolute atomic E-state index is 13.6. The second-order valence-electron chi connectivity index (χ2n) is 3.93. The maximum atomic E-state index is 13.6. The van der Waals surface area contributed by atoms with Crippen molar-refractivity contribution in [3.8, 4) is 0 Å². The molecule has 1 N–H and O–H groups in total. The van der Waals surface area contributed by atoms with Crippen LogP contribution < -0.4 is 5.32 Å². The Morgan fingerprint density at radius 1 is 1.31 bits per heavy atom. The molecule has 0 heterocycles. The van der Waals surface area contributed by atoms with Crippen molar-refractivity contribution in [3.63, 3.8) is 0 Å². The molecule has 0 aromatic heterocycles. The third-order valence-corrected chi connectivity index (χ3v) is 2.66. The van der Waals surface area contributed by atoms with Gasteiger partial charge in [-0.05, 0) is 31.2 Å². The number of rotatable bonds is 7. The van der Waals surface area contributed by atoms with Crippen LogP contribution in [0.15, 0.2) is 31.0 Å². The van der Waals surface area contributed by atoms with Crippen LogP contribution in [0.2, 0.25) is 0 Å². The largest absolute Gasteiger partial charge is 0.362 e. The average Bonchev–Trinajstić information content (AvgIpc) is 2.28. The summed E-state index contributed by atoms with van der Waals surface area (Å²) in [7, 11) is 0. The van der Waals surface area contributed by atoms with Crippen molar-refractivity contribution in [1.29, 1.82) is 0 Å². The van der Waals surface area contributed by atoms with E-state index in [0.717, 1.165) is 24.1 Å². The Balaban J connectivity index is 2.64. The Hall–Kier alpha value is -1.31. The maximum Gasteiger partial charge on any atom is 0.128 e. The second-order valence-corrected chi connectivity index (χ2v) is 3.93. The van der Waals surface area contributed by atoms with Gasteiger partial charge in [-0.1, -0.05) is 38.8 Å². The van der Waals surface area contributed by atoms with Crippen LogP contribution in [0.5, 0.6) is 0 Å². The van der Waals surface area contributed by atoms with E-state index >= 15 is 0 Å². The van der Waals surface area contributed by atoms with Crippen LogP contribution >= 0.6 is 0 Å². The van der Waals surface area contributed by atoms with Crippen LogP contribution in [0, 0.1) is 5.82 Å². The lowest BCUT2D eigenvalue weighted by Crippen LogP contribution is -1.98. The van der Waals surface area contributed by atoms with E-state index in [9.17, 15) is 4.39 Å². The molecule has 0 unspecified atom stereocenters. The first-order valence-electron chi connectivity index (χ1n) is 5.94. The predicted octanol–water partition coefficient (Wildman–Crippen LogP) is 4.50. The van der Waals surface area contributed by atoms with Crippen molar-refractivity contribution in [2.45, 2.75) is 39.0 Å². The number of hydrogen-bond acceptors (Lipinski definition) is 1. The molecule has 0 fully saturated rings. The van der Waals surface area contributed by atoms with Crippen LogP contribution in [0.1, 0.15) is 38.2 Å². The first-order valence-corrected chi connectivity index (χ1v) is 5.94. The van der Waals surface area contributed by atoms with Gasteiger partial charge in [-0.15, -0.1) is 0 Å². The number of anilines is 1. The third kappa shape index (κ3) is 3.69. The molecule has 88 valence electrons. The number of hydrogen-bond donors (Lipinski definition) is 1. The first kappa shape index (κ1) is 12.8. The molecule has 0 bridgehead atoms. The Morgan fingerprint density at radius 2 is 2.12 bits per heavy atom. The summed E-state index contributed by atoms with van der Waals surface area (Å²) in [5, 5.41) is 2.98. The van der Waals surface area contributed by atoms with Crippen LogP contribution in [-0.4, -0.2) is 0 Å². The molecule has 0 amide bonds. The smallest absolute Gasteiger partial charge is 0.128 e. The lowest BCUT2D eigenvalue weighted by Gasteiger charge is -2.10. The highest BCUT2D eigenvalue weighted by Gasteiger charge is 2.06. The highest BCUT2D eigenvalue weighted by Crippen LogP contribution is 2.21. The minimum absolute atomic E-state index is 0.122. The minimum Gasteiger partial charge on any atom is -0.362 e. The summed E-state index contributed by atoms with van der Waals surface area (Å²) in [6.45, 7) is 5.78. The van der Waals surface area contributed by atoms with E-state index in [1.54, 1.807) is 12.3 Å². The quantitative estimate of drug-likeness (QED) is 0.668. The van der Waals surface area contributed by atoms with Crippen LogP contribution in [0.3, 0.4) is 0 Å². The zero-order chi connectivity index (χ0) is 11.8. The van der Waals surface area contributed by atoms with E-state index in [1.807, 2.05) is 6.07 Å². The van der Waals surface area contributed by atoms with E-state index < -0.39 is 0 Å². The topological polar surface area (TPSA) is 12.0 Å². The van der Waals surface area contributed by atoms with Gasteiger partial charge in [-0.2, -0.15) is 0 Å². The molecular formula is C14H20FN. The van der Waals surface area contributed by atoms with Crippen molar-refractivity contribution in [1.82, 2.24) is 0 Å². The molecule has 0 aliphatic carbocycles. The van der Waals surface area contributed by atoms with Crippen molar-refractivity contribution in [2.75, 3.05) is 5.32 Å². The van der Waals surface area contributed by atoms with E-state index in [1.165, 1.54) is 25.3 Å². The Labute approximate surface area is 97.4 Å². The summed E-state index contributed by atoms with van der Waals surface area (Å²) in [5.41, 5.74) is 1.62. The molecule has 0 saturated carbocycles. The van der Waals surface area contributed by atoms with Gasteiger partial charge in [0.05, 0.1) is 0 Å². The summed E-state index contributed by atoms with van der Waals surface area (Å²) in [5.74, 6) is -0.122. The van der Waals surface area contributed by atoms with Gasteiger partial charge < -0.3 is 5.32 Å². The molecular weight excluding hydrogens is 201 g/mol. The predicted molar refractivity (Wildman–Crippen MR) is 68.1 cm³/mol. The minimum atomic E-state index is -0.122. The van der Waals surface area contributed by atoms with Gasteiger partial charge in [0.15, 0.2) is 0 Å². The average molecular weight is 221 g/mol.